The number of para-hydroxylation sites is 1. The smallest absolute Gasteiger partial charge is 0.178 e. The van der Waals surface area contributed by atoms with Crippen LogP contribution in [0.1, 0.15) is 0 Å². The van der Waals surface area contributed by atoms with Gasteiger partial charge in [0, 0.05) is 27.3 Å². The highest BCUT2D eigenvalue weighted by atomic mass is 16.4. The summed E-state index contributed by atoms with van der Waals surface area (Å²) in [4.78, 5) is 0. The van der Waals surface area contributed by atoms with Crippen LogP contribution in [0.3, 0.4) is 0 Å². The number of furan rings is 2. The highest BCUT2D eigenvalue weighted by Crippen LogP contribution is 2.47. The number of rotatable bonds is 2. The van der Waals surface area contributed by atoms with E-state index >= 15 is 0 Å². The predicted octanol–water partition coefficient (Wildman–Crippen LogP) is 11.1. The normalized spacial score (nSPS) is 12.0. The lowest BCUT2D eigenvalue weighted by Crippen LogP contribution is -1.90. The Morgan fingerprint density at radius 3 is 1.75 bits per heavy atom. The van der Waals surface area contributed by atoms with Gasteiger partial charge >= 0.3 is 0 Å². The minimum absolute atomic E-state index is 0.787. The second-order valence-electron chi connectivity index (χ2n) is 10.5. The summed E-state index contributed by atoms with van der Waals surface area (Å²) in [6.45, 7) is 0. The maximum Gasteiger partial charge on any atom is 0.178 e. The summed E-state index contributed by atoms with van der Waals surface area (Å²) in [6, 6.07) is 45.3. The third kappa shape index (κ3) is 2.93. The second-order valence-corrected chi connectivity index (χ2v) is 10.5. The van der Waals surface area contributed by atoms with Crippen LogP contribution in [0.4, 0.5) is 0 Å². The second kappa shape index (κ2) is 8.08. The number of benzene rings is 7. The maximum atomic E-state index is 6.31. The predicted molar refractivity (Wildman–Crippen MR) is 167 cm³/mol. The van der Waals surface area contributed by atoms with E-state index in [1.54, 1.807) is 0 Å². The molecule has 7 aromatic carbocycles. The molecule has 0 N–H and O–H groups in total. The SMILES string of the molecule is c1ccc2cc(-c3c4ccccc4c(-c4coc5c4ccc4c6ccccc6oc45)c4ccccc34)ccc2c1. The zero-order valence-corrected chi connectivity index (χ0v) is 21.5. The van der Waals surface area contributed by atoms with Gasteiger partial charge in [0.2, 0.25) is 0 Å². The van der Waals surface area contributed by atoms with Gasteiger partial charge in [-0.1, -0.05) is 103 Å². The maximum absolute atomic E-state index is 6.31. The average molecular weight is 511 g/mol. The molecule has 2 heteroatoms. The molecule has 0 fully saturated rings. The molecule has 0 atom stereocenters. The van der Waals surface area contributed by atoms with Gasteiger partial charge in [0.25, 0.3) is 0 Å². The van der Waals surface area contributed by atoms with Gasteiger partial charge in [-0.3, -0.25) is 0 Å². The summed E-state index contributed by atoms with van der Waals surface area (Å²) >= 11 is 0. The van der Waals surface area contributed by atoms with Crippen molar-refractivity contribution < 1.29 is 8.83 Å². The van der Waals surface area contributed by atoms with Gasteiger partial charge in [0.15, 0.2) is 11.2 Å². The van der Waals surface area contributed by atoms with E-state index in [-0.39, 0.29) is 0 Å². The molecule has 0 aliphatic carbocycles. The summed E-state index contributed by atoms with van der Waals surface area (Å²) in [5.41, 5.74) is 7.20. The first-order valence-electron chi connectivity index (χ1n) is 13.6. The molecule has 9 rings (SSSR count). The average Bonchev–Trinajstić information content (AvgIpc) is 3.61. The van der Waals surface area contributed by atoms with Gasteiger partial charge in [-0.05, 0) is 67.7 Å². The minimum Gasteiger partial charge on any atom is -0.460 e. The molecule has 0 unspecified atom stereocenters. The molecule has 9 aromatic rings. The van der Waals surface area contributed by atoms with Crippen LogP contribution >= 0.6 is 0 Å². The van der Waals surface area contributed by atoms with Crippen LogP contribution in [-0.4, -0.2) is 0 Å². The Morgan fingerprint density at radius 2 is 1.00 bits per heavy atom. The Morgan fingerprint density at radius 1 is 0.400 bits per heavy atom. The van der Waals surface area contributed by atoms with E-state index in [4.69, 9.17) is 8.83 Å². The summed E-state index contributed by atoms with van der Waals surface area (Å²) < 4.78 is 12.6. The van der Waals surface area contributed by atoms with Crippen molar-refractivity contribution >= 4 is 65.2 Å². The standard InChI is InChI=1S/C38H22O2/c1-2-10-24-21-25(18-17-23(24)9-1)35-27-12-3-5-14-29(27)36(30-15-6-4-13-28(30)35)33-22-39-37-32(33)20-19-31-26-11-7-8-16-34(26)40-38(31)37/h1-22H. The fraction of sp³-hybridized carbons (Fsp3) is 0. The van der Waals surface area contributed by atoms with Crippen molar-refractivity contribution in [1.82, 2.24) is 0 Å². The molecular weight excluding hydrogens is 488 g/mol. The molecule has 0 bridgehead atoms. The number of hydrogen-bond acceptors (Lipinski definition) is 2. The van der Waals surface area contributed by atoms with E-state index in [2.05, 4.69) is 109 Å². The lowest BCUT2D eigenvalue weighted by molar-refractivity contribution is 0.601. The molecule has 0 radical (unpaired) electrons. The number of hydrogen-bond donors (Lipinski definition) is 0. The van der Waals surface area contributed by atoms with Crippen molar-refractivity contribution in [2.45, 2.75) is 0 Å². The molecule has 0 aliphatic rings. The van der Waals surface area contributed by atoms with Gasteiger partial charge < -0.3 is 8.83 Å². The van der Waals surface area contributed by atoms with Crippen molar-refractivity contribution in [3.63, 3.8) is 0 Å². The van der Waals surface area contributed by atoms with E-state index in [0.29, 0.717) is 0 Å². The lowest BCUT2D eigenvalue weighted by Gasteiger charge is -2.17. The van der Waals surface area contributed by atoms with Gasteiger partial charge in [0.05, 0.1) is 6.26 Å². The highest BCUT2D eigenvalue weighted by molar-refractivity contribution is 6.25. The zero-order valence-electron chi connectivity index (χ0n) is 21.5. The third-order valence-electron chi connectivity index (χ3n) is 8.33. The van der Waals surface area contributed by atoms with Crippen molar-refractivity contribution in [3.8, 4) is 22.3 Å². The van der Waals surface area contributed by atoms with Crippen LogP contribution < -0.4 is 0 Å². The molecule has 2 heterocycles. The first kappa shape index (κ1) is 21.6. The van der Waals surface area contributed by atoms with Crippen LogP contribution in [0, 0.1) is 0 Å². The first-order chi connectivity index (χ1) is 19.8. The zero-order chi connectivity index (χ0) is 26.2. The van der Waals surface area contributed by atoms with Crippen LogP contribution in [0.15, 0.2) is 142 Å². The lowest BCUT2D eigenvalue weighted by atomic mass is 9.85. The minimum atomic E-state index is 0.787. The fourth-order valence-electron chi connectivity index (χ4n) is 6.54. The quantitative estimate of drug-likeness (QED) is 0.216. The summed E-state index contributed by atoms with van der Waals surface area (Å²) in [7, 11) is 0. The molecule has 186 valence electrons. The first-order valence-corrected chi connectivity index (χ1v) is 13.6. The molecular formula is C38H22O2. The third-order valence-corrected chi connectivity index (χ3v) is 8.33. The van der Waals surface area contributed by atoms with Gasteiger partial charge in [-0.15, -0.1) is 0 Å². The molecule has 2 nitrogen and oxygen atoms in total. The summed E-state index contributed by atoms with van der Waals surface area (Å²) in [5, 5.41) is 10.6. The Labute approximate surface area is 229 Å². The van der Waals surface area contributed by atoms with Crippen LogP contribution in [0.2, 0.25) is 0 Å². The topological polar surface area (TPSA) is 26.3 Å². The molecule has 0 saturated carbocycles. The summed E-state index contributed by atoms with van der Waals surface area (Å²) in [5.74, 6) is 0. The Balaban J connectivity index is 1.39. The number of fused-ring (bicyclic) bond motifs is 8. The Bertz CT molecular complexity index is 2380. The van der Waals surface area contributed by atoms with E-state index < -0.39 is 0 Å². The fourth-order valence-corrected chi connectivity index (χ4v) is 6.54. The summed E-state index contributed by atoms with van der Waals surface area (Å²) in [6.07, 6.45) is 1.90. The largest absolute Gasteiger partial charge is 0.460 e. The molecule has 0 aliphatic heterocycles. The van der Waals surface area contributed by atoms with Crippen molar-refractivity contribution in [1.29, 1.82) is 0 Å². The van der Waals surface area contributed by atoms with E-state index in [9.17, 15) is 0 Å². The van der Waals surface area contributed by atoms with Crippen LogP contribution in [-0.2, 0) is 0 Å². The van der Waals surface area contributed by atoms with Gasteiger partial charge in [-0.25, -0.2) is 0 Å². The molecule has 40 heavy (non-hydrogen) atoms. The van der Waals surface area contributed by atoms with Gasteiger partial charge in [0.1, 0.15) is 5.58 Å². The molecule has 0 amide bonds. The van der Waals surface area contributed by atoms with E-state index in [1.165, 1.54) is 49.0 Å². The van der Waals surface area contributed by atoms with Crippen LogP contribution in [0.5, 0.6) is 0 Å². The van der Waals surface area contributed by atoms with E-state index in [1.807, 2.05) is 24.5 Å². The molecule has 2 aromatic heterocycles. The Kier molecular flexibility index (Phi) is 4.36. The van der Waals surface area contributed by atoms with E-state index in [0.717, 1.165) is 38.5 Å². The molecule has 0 saturated heterocycles. The van der Waals surface area contributed by atoms with Crippen LogP contribution in [0.25, 0.3) is 87.5 Å². The Hall–Kier alpha value is -5.34. The van der Waals surface area contributed by atoms with Crippen molar-refractivity contribution in [2.75, 3.05) is 0 Å². The van der Waals surface area contributed by atoms with Gasteiger partial charge in [-0.2, -0.15) is 0 Å². The highest BCUT2D eigenvalue weighted by Gasteiger charge is 2.21. The monoisotopic (exact) mass is 510 g/mol. The van der Waals surface area contributed by atoms with Crippen molar-refractivity contribution in [2.24, 2.45) is 0 Å². The molecule has 0 spiro atoms. The van der Waals surface area contributed by atoms with Crippen molar-refractivity contribution in [3.05, 3.63) is 134 Å².